The molecule has 1 heterocycles. The highest BCUT2D eigenvalue weighted by Gasteiger charge is 2.24. The van der Waals surface area contributed by atoms with Crippen LogP contribution in [0.5, 0.6) is 5.75 Å². The summed E-state index contributed by atoms with van der Waals surface area (Å²) in [7, 11) is 0. The molecule has 0 bridgehead atoms. The molecule has 1 atom stereocenters. The van der Waals surface area contributed by atoms with Gasteiger partial charge in [0.1, 0.15) is 12.4 Å². The van der Waals surface area contributed by atoms with E-state index in [0.29, 0.717) is 18.3 Å². The van der Waals surface area contributed by atoms with Crippen LogP contribution in [-0.2, 0) is 12.0 Å². The van der Waals surface area contributed by atoms with Gasteiger partial charge >= 0.3 is 0 Å². The first-order valence-electron chi connectivity index (χ1n) is 8.30. The molecule has 0 spiro atoms. The molecule has 2 aromatic carbocycles. The van der Waals surface area contributed by atoms with E-state index >= 15 is 0 Å². The van der Waals surface area contributed by atoms with Gasteiger partial charge in [0, 0.05) is 5.41 Å². The first-order chi connectivity index (χ1) is 11.9. The Balaban J connectivity index is 1.66. The number of ether oxygens (including phenoxy) is 1. The first-order valence-corrected chi connectivity index (χ1v) is 8.30. The molecule has 3 rings (SSSR count). The summed E-state index contributed by atoms with van der Waals surface area (Å²) < 4.78 is 11.1. The van der Waals surface area contributed by atoms with Gasteiger partial charge in [-0.3, -0.25) is 0 Å². The molecule has 0 amide bonds. The third-order valence-electron chi connectivity index (χ3n) is 3.85. The van der Waals surface area contributed by atoms with Gasteiger partial charge in [-0.25, -0.2) is 0 Å². The molecule has 130 valence electrons. The van der Waals surface area contributed by atoms with Crippen molar-refractivity contribution in [3.05, 3.63) is 77.4 Å². The van der Waals surface area contributed by atoms with Gasteiger partial charge in [-0.15, -0.1) is 0 Å². The number of hydrogen-bond donors (Lipinski definition) is 1. The predicted octanol–water partition coefficient (Wildman–Crippen LogP) is 3.99. The standard InChI is InChI=1S/C20H23N3O2/c1-20(2,3)19-22-18(23-25-19)17(21)15-9-11-16(12-10-15)24-13-14-7-5-4-6-8-14/h4-12,17H,13,21H2,1-3H3. The van der Waals surface area contributed by atoms with Gasteiger partial charge in [0.15, 0.2) is 5.82 Å². The molecule has 1 unspecified atom stereocenters. The number of benzene rings is 2. The largest absolute Gasteiger partial charge is 0.489 e. The van der Waals surface area contributed by atoms with Crippen molar-refractivity contribution in [2.75, 3.05) is 0 Å². The van der Waals surface area contributed by atoms with Crippen molar-refractivity contribution < 1.29 is 9.26 Å². The predicted molar refractivity (Wildman–Crippen MR) is 96.2 cm³/mol. The lowest BCUT2D eigenvalue weighted by Crippen LogP contribution is -2.15. The number of nitrogens with two attached hydrogens (primary N) is 1. The van der Waals surface area contributed by atoms with Crippen molar-refractivity contribution in [3.63, 3.8) is 0 Å². The molecule has 0 saturated carbocycles. The minimum atomic E-state index is -0.428. The van der Waals surface area contributed by atoms with Crippen molar-refractivity contribution in [1.29, 1.82) is 0 Å². The fourth-order valence-corrected chi connectivity index (χ4v) is 2.33. The summed E-state index contributed by atoms with van der Waals surface area (Å²) >= 11 is 0. The molecule has 2 N–H and O–H groups in total. The Bertz CT molecular complexity index is 805. The molecule has 0 radical (unpaired) electrons. The van der Waals surface area contributed by atoms with E-state index in [2.05, 4.69) is 10.1 Å². The molecular weight excluding hydrogens is 314 g/mol. The fraction of sp³-hybridized carbons (Fsp3) is 0.300. The molecule has 0 aliphatic carbocycles. The highest BCUT2D eigenvalue weighted by Crippen LogP contribution is 2.24. The molecule has 0 saturated heterocycles. The van der Waals surface area contributed by atoms with Crippen LogP contribution < -0.4 is 10.5 Å². The van der Waals surface area contributed by atoms with Gasteiger partial charge in [-0.2, -0.15) is 4.98 Å². The second-order valence-corrected chi connectivity index (χ2v) is 7.03. The average molecular weight is 337 g/mol. The quantitative estimate of drug-likeness (QED) is 0.762. The zero-order valence-electron chi connectivity index (χ0n) is 14.8. The van der Waals surface area contributed by atoms with Gasteiger partial charge in [-0.05, 0) is 23.3 Å². The number of rotatable bonds is 5. The van der Waals surface area contributed by atoms with Gasteiger partial charge in [-0.1, -0.05) is 68.4 Å². The second kappa shape index (κ2) is 7.07. The Hall–Kier alpha value is -2.66. The lowest BCUT2D eigenvalue weighted by atomic mass is 9.97. The second-order valence-electron chi connectivity index (χ2n) is 7.03. The Labute approximate surface area is 147 Å². The zero-order valence-corrected chi connectivity index (χ0v) is 14.8. The van der Waals surface area contributed by atoms with E-state index in [9.17, 15) is 0 Å². The van der Waals surface area contributed by atoms with Crippen LogP contribution in [0.1, 0.15) is 49.7 Å². The van der Waals surface area contributed by atoms with Gasteiger partial charge in [0.25, 0.3) is 0 Å². The van der Waals surface area contributed by atoms with Crippen LogP contribution in [-0.4, -0.2) is 10.1 Å². The Morgan fingerprint density at radius 2 is 1.72 bits per heavy atom. The van der Waals surface area contributed by atoms with Crippen LogP contribution in [0.3, 0.4) is 0 Å². The van der Waals surface area contributed by atoms with Crippen LogP contribution in [0.25, 0.3) is 0 Å². The summed E-state index contributed by atoms with van der Waals surface area (Å²) in [5.41, 5.74) is 8.11. The summed E-state index contributed by atoms with van der Waals surface area (Å²) in [6.07, 6.45) is 0. The summed E-state index contributed by atoms with van der Waals surface area (Å²) in [4.78, 5) is 4.42. The smallest absolute Gasteiger partial charge is 0.232 e. The minimum absolute atomic E-state index is 0.194. The summed E-state index contributed by atoms with van der Waals surface area (Å²) in [5.74, 6) is 1.87. The van der Waals surface area contributed by atoms with Crippen molar-refractivity contribution >= 4 is 0 Å². The van der Waals surface area contributed by atoms with E-state index in [0.717, 1.165) is 16.9 Å². The van der Waals surface area contributed by atoms with E-state index in [1.54, 1.807) is 0 Å². The zero-order chi connectivity index (χ0) is 17.9. The van der Waals surface area contributed by atoms with E-state index in [1.165, 1.54) is 0 Å². The van der Waals surface area contributed by atoms with Crippen molar-refractivity contribution in [3.8, 4) is 5.75 Å². The fourth-order valence-electron chi connectivity index (χ4n) is 2.33. The number of nitrogens with zero attached hydrogens (tertiary/aromatic N) is 2. The van der Waals surface area contributed by atoms with Crippen LogP contribution >= 0.6 is 0 Å². The first kappa shape index (κ1) is 17.2. The molecule has 25 heavy (non-hydrogen) atoms. The van der Waals surface area contributed by atoms with Crippen LogP contribution in [0.15, 0.2) is 59.1 Å². The van der Waals surface area contributed by atoms with Crippen LogP contribution in [0.2, 0.25) is 0 Å². The molecule has 5 nitrogen and oxygen atoms in total. The van der Waals surface area contributed by atoms with E-state index in [-0.39, 0.29) is 5.41 Å². The third kappa shape index (κ3) is 4.25. The SMILES string of the molecule is CC(C)(C)c1nc(C(N)c2ccc(OCc3ccccc3)cc2)no1. The maximum Gasteiger partial charge on any atom is 0.232 e. The van der Waals surface area contributed by atoms with E-state index in [4.69, 9.17) is 15.0 Å². The average Bonchev–Trinajstić information content (AvgIpc) is 3.11. The summed E-state index contributed by atoms with van der Waals surface area (Å²) in [5, 5.41) is 4.02. The normalized spacial score (nSPS) is 12.8. The minimum Gasteiger partial charge on any atom is -0.489 e. The van der Waals surface area contributed by atoms with Crippen LogP contribution in [0, 0.1) is 0 Å². The highest BCUT2D eigenvalue weighted by molar-refractivity contribution is 5.31. The van der Waals surface area contributed by atoms with Crippen molar-refractivity contribution in [2.45, 2.75) is 38.8 Å². The van der Waals surface area contributed by atoms with Gasteiger partial charge in [0.05, 0.1) is 6.04 Å². The molecule has 5 heteroatoms. The number of aromatic nitrogens is 2. The topological polar surface area (TPSA) is 74.2 Å². The van der Waals surface area contributed by atoms with E-state index in [1.807, 2.05) is 75.4 Å². The summed E-state index contributed by atoms with van der Waals surface area (Å²) in [6, 6.07) is 17.3. The molecule has 0 aliphatic heterocycles. The van der Waals surface area contributed by atoms with Crippen molar-refractivity contribution in [2.24, 2.45) is 5.73 Å². The lowest BCUT2D eigenvalue weighted by molar-refractivity contribution is 0.306. The van der Waals surface area contributed by atoms with Crippen molar-refractivity contribution in [1.82, 2.24) is 10.1 Å². The maximum absolute atomic E-state index is 6.26. The lowest BCUT2D eigenvalue weighted by Gasteiger charge is -2.11. The molecule has 1 aromatic heterocycles. The van der Waals surface area contributed by atoms with E-state index < -0.39 is 6.04 Å². The Kier molecular flexibility index (Phi) is 4.86. The Morgan fingerprint density at radius 1 is 1.04 bits per heavy atom. The molecule has 0 aliphatic rings. The monoisotopic (exact) mass is 337 g/mol. The Morgan fingerprint density at radius 3 is 2.32 bits per heavy atom. The molecular formula is C20H23N3O2. The molecule has 0 fully saturated rings. The number of hydrogen-bond acceptors (Lipinski definition) is 5. The van der Waals surface area contributed by atoms with Crippen LogP contribution in [0.4, 0.5) is 0 Å². The van der Waals surface area contributed by atoms with Gasteiger partial charge in [0.2, 0.25) is 5.89 Å². The maximum atomic E-state index is 6.26. The van der Waals surface area contributed by atoms with Gasteiger partial charge < -0.3 is 15.0 Å². The molecule has 3 aromatic rings. The summed E-state index contributed by atoms with van der Waals surface area (Å²) in [6.45, 7) is 6.60. The highest BCUT2D eigenvalue weighted by atomic mass is 16.5. The third-order valence-corrected chi connectivity index (χ3v) is 3.85.